The highest BCUT2D eigenvalue weighted by Gasteiger charge is 2.21. The second kappa shape index (κ2) is 9.42. The predicted octanol–water partition coefficient (Wildman–Crippen LogP) is 9.92. The Hall–Kier alpha value is -5.08. The van der Waals surface area contributed by atoms with Crippen molar-refractivity contribution < 1.29 is 0 Å². The Morgan fingerprint density at radius 3 is 1.82 bits per heavy atom. The molecule has 7 aromatic rings. The Kier molecular flexibility index (Phi) is 5.49. The molecule has 0 fully saturated rings. The molecule has 0 unspecified atom stereocenters. The fourth-order valence-electron chi connectivity index (χ4n) is 5.47. The number of anilines is 3. The van der Waals surface area contributed by atoms with Gasteiger partial charge in [0.25, 0.3) is 0 Å². The molecule has 38 heavy (non-hydrogen) atoms. The molecular formula is C36H26N2. The van der Waals surface area contributed by atoms with E-state index in [4.69, 9.17) is 0 Å². The Bertz CT molecular complexity index is 1850. The molecule has 0 aliphatic carbocycles. The number of nitrogens with zero attached hydrogens (tertiary/aromatic N) is 2. The van der Waals surface area contributed by atoms with Crippen LogP contribution in [0.15, 0.2) is 158 Å². The van der Waals surface area contributed by atoms with E-state index in [-0.39, 0.29) is 0 Å². The predicted molar refractivity (Wildman–Crippen MR) is 161 cm³/mol. The number of hydrogen-bond acceptors (Lipinski definition) is 1. The lowest BCUT2D eigenvalue weighted by atomic mass is 10.0. The van der Waals surface area contributed by atoms with Crippen molar-refractivity contribution in [3.63, 3.8) is 0 Å². The summed E-state index contributed by atoms with van der Waals surface area (Å²) < 4.78 is 2.34. The van der Waals surface area contributed by atoms with Crippen LogP contribution in [-0.2, 0) is 0 Å². The first kappa shape index (κ1) is 22.1. The van der Waals surface area contributed by atoms with Gasteiger partial charge in [-0.05, 0) is 47.3 Å². The van der Waals surface area contributed by atoms with Crippen molar-refractivity contribution in [1.29, 1.82) is 0 Å². The molecule has 6 aromatic carbocycles. The van der Waals surface area contributed by atoms with Gasteiger partial charge < -0.3 is 9.47 Å². The van der Waals surface area contributed by atoms with Crippen LogP contribution in [0.3, 0.4) is 0 Å². The molecule has 2 nitrogen and oxygen atoms in total. The van der Waals surface area contributed by atoms with E-state index in [0.717, 1.165) is 22.7 Å². The van der Waals surface area contributed by atoms with Crippen molar-refractivity contribution in [1.82, 2.24) is 4.57 Å². The number of fused-ring (bicyclic) bond motifs is 2. The smallest absolute Gasteiger partial charge is 0.0777 e. The first-order chi connectivity index (χ1) is 18.9. The molecule has 0 bridgehead atoms. The normalized spacial score (nSPS) is 11.2. The van der Waals surface area contributed by atoms with E-state index in [1.165, 1.54) is 32.8 Å². The third-order valence-corrected chi connectivity index (χ3v) is 7.19. The molecule has 0 spiro atoms. The number of hydrogen-bond donors (Lipinski definition) is 0. The number of aromatic nitrogens is 1. The second-order valence-corrected chi connectivity index (χ2v) is 9.46. The van der Waals surface area contributed by atoms with Gasteiger partial charge >= 0.3 is 0 Å². The molecule has 0 aliphatic heterocycles. The van der Waals surface area contributed by atoms with Crippen LogP contribution in [0.1, 0.15) is 0 Å². The van der Waals surface area contributed by atoms with Crippen LogP contribution < -0.4 is 4.90 Å². The van der Waals surface area contributed by atoms with Gasteiger partial charge in [0.2, 0.25) is 0 Å². The molecule has 0 saturated heterocycles. The molecule has 2 heteroatoms. The van der Waals surface area contributed by atoms with Crippen LogP contribution in [0.5, 0.6) is 0 Å². The highest BCUT2D eigenvalue weighted by atomic mass is 15.2. The van der Waals surface area contributed by atoms with Crippen LogP contribution in [0.2, 0.25) is 0 Å². The van der Waals surface area contributed by atoms with E-state index < -0.39 is 0 Å². The van der Waals surface area contributed by atoms with Crippen LogP contribution in [0.4, 0.5) is 17.1 Å². The summed E-state index contributed by atoms with van der Waals surface area (Å²) in [6.07, 6.45) is 2.28. The van der Waals surface area contributed by atoms with Crippen molar-refractivity contribution in [3.8, 4) is 16.8 Å². The highest BCUT2D eigenvalue weighted by molar-refractivity contribution is 6.08. The van der Waals surface area contributed by atoms with Gasteiger partial charge in [0.05, 0.1) is 16.9 Å². The summed E-state index contributed by atoms with van der Waals surface area (Å²) in [4.78, 5) is 2.40. The van der Waals surface area contributed by atoms with Crippen LogP contribution in [-0.4, -0.2) is 4.57 Å². The van der Waals surface area contributed by atoms with Gasteiger partial charge in [0.15, 0.2) is 0 Å². The second-order valence-electron chi connectivity index (χ2n) is 9.46. The van der Waals surface area contributed by atoms with E-state index in [9.17, 15) is 0 Å². The number of para-hydroxylation sites is 3. The maximum Gasteiger partial charge on any atom is 0.0777 e. The third kappa shape index (κ3) is 3.75. The van der Waals surface area contributed by atoms with Crippen molar-refractivity contribution in [2.24, 2.45) is 0 Å². The zero-order valence-corrected chi connectivity index (χ0v) is 20.9. The van der Waals surface area contributed by atoms with Crippen LogP contribution in [0.25, 0.3) is 38.5 Å². The molecule has 1 aromatic heterocycles. The fourth-order valence-corrected chi connectivity index (χ4v) is 5.47. The van der Waals surface area contributed by atoms with Gasteiger partial charge in [-0.1, -0.05) is 115 Å². The van der Waals surface area contributed by atoms with Gasteiger partial charge in [0.1, 0.15) is 0 Å². The number of rotatable bonds is 5. The van der Waals surface area contributed by atoms with Crippen molar-refractivity contribution in [2.45, 2.75) is 0 Å². The van der Waals surface area contributed by atoms with E-state index in [1.807, 2.05) is 0 Å². The van der Waals surface area contributed by atoms with Crippen LogP contribution in [0, 0.1) is 0 Å². The average molecular weight is 487 g/mol. The van der Waals surface area contributed by atoms with Gasteiger partial charge in [0, 0.05) is 33.9 Å². The average Bonchev–Trinajstić information content (AvgIpc) is 3.40. The Labute approximate surface area is 222 Å². The summed E-state index contributed by atoms with van der Waals surface area (Å²) in [6, 6.07) is 53.8. The Morgan fingerprint density at radius 2 is 1.03 bits per heavy atom. The molecule has 0 radical (unpaired) electrons. The first-order valence-electron chi connectivity index (χ1n) is 13.0. The highest BCUT2D eigenvalue weighted by Crippen LogP contribution is 2.44. The van der Waals surface area contributed by atoms with E-state index in [1.54, 1.807) is 0 Å². The van der Waals surface area contributed by atoms with Crippen molar-refractivity contribution in [2.75, 3.05) is 4.90 Å². The summed E-state index contributed by atoms with van der Waals surface area (Å²) >= 11 is 0. The number of benzene rings is 6. The molecule has 0 aliphatic rings. The Balaban J connectivity index is 1.59. The van der Waals surface area contributed by atoms with Crippen molar-refractivity contribution in [3.05, 3.63) is 158 Å². The van der Waals surface area contributed by atoms with Crippen LogP contribution >= 0.6 is 0 Å². The first-order valence-corrected chi connectivity index (χ1v) is 13.0. The summed E-state index contributed by atoms with van der Waals surface area (Å²) in [5.41, 5.74) is 8.16. The molecule has 0 N–H and O–H groups in total. The zero-order valence-electron chi connectivity index (χ0n) is 20.9. The standard InChI is InChI=1S/C36H26N2/c1-4-14-28(15-5-1)33-26-37(29-18-6-2-7-19-29)36-32(33)23-13-25-35(36)38(30-20-8-3-9-21-30)34-24-12-17-27-16-10-11-22-31(27)34/h1-26H. The monoisotopic (exact) mass is 486 g/mol. The maximum absolute atomic E-state index is 2.40. The molecule has 0 atom stereocenters. The van der Waals surface area contributed by atoms with Gasteiger partial charge in [-0.2, -0.15) is 0 Å². The van der Waals surface area contributed by atoms with E-state index in [0.29, 0.717) is 0 Å². The van der Waals surface area contributed by atoms with E-state index >= 15 is 0 Å². The summed E-state index contributed by atoms with van der Waals surface area (Å²) in [5, 5.41) is 3.66. The molecule has 0 amide bonds. The molecule has 1 heterocycles. The molecule has 180 valence electrons. The quantitative estimate of drug-likeness (QED) is 0.235. The topological polar surface area (TPSA) is 8.17 Å². The lowest BCUT2D eigenvalue weighted by Gasteiger charge is -2.28. The van der Waals surface area contributed by atoms with E-state index in [2.05, 4.69) is 167 Å². The molecule has 0 saturated carbocycles. The minimum absolute atomic E-state index is 1.12. The summed E-state index contributed by atoms with van der Waals surface area (Å²) in [7, 11) is 0. The lowest BCUT2D eigenvalue weighted by molar-refractivity contribution is 1.12. The van der Waals surface area contributed by atoms with Gasteiger partial charge in [-0.15, -0.1) is 0 Å². The Morgan fingerprint density at radius 1 is 0.447 bits per heavy atom. The van der Waals surface area contributed by atoms with Gasteiger partial charge in [-0.3, -0.25) is 0 Å². The molecule has 7 rings (SSSR count). The summed E-state index contributed by atoms with van der Waals surface area (Å²) in [6.45, 7) is 0. The summed E-state index contributed by atoms with van der Waals surface area (Å²) in [5.74, 6) is 0. The lowest BCUT2D eigenvalue weighted by Crippen LogP contribution is -2.12. The fraction of sp³-hybridized carbons (Fsp3) is 0. The van der Waals surface area contributed by atoms with Gasteiger partial charge in [-0.25, -0.2) is 0 Å². The SMILES string of the molecule is c1ccc(-c2cn(-c3ccccc3)c3c(N(c4ccccc4)c4cccc5ccccc45)cccc23)cc1. The maximum atomic E-state index is 2.40. The minimum atomic E-state index is 1.12. The third-order valence-electron chi connectivity index (χ3n) is 7.19. The largest absolute Gasteiger partial charge is 0.314 e. The zero-order chi connectivity index (χ0) is 25.3. The minimum Gasteiger partial charge on any atom is -0.314 e. The van der Waals surface area contributed by atoms with Crippen molar-refractivity contribution >= 4 is 38.7 Å². The molecular weight excluding hydrogens is 460 g/mol.